The number of aromatic nitrogens is 1. The predicted octanol–water partition coefficient (Wildman–Crippen LogP) is 0.0194. The molecular weight excluding hydrogens is 226 g/mol. The smallest absolute Gasteiger partial charge is 0.305 e. The number of pyridine rings is 1. The summed E-state index contributed by atoms with van der Waals surface area (Å²) in [7, 11) is 1.48. The zero-order chi connectivity index (χ0) is 12.8. The molecule has 88 valence electrons. The molecule has 1 aromatic rings. The predicted molar refractivity (Wildman–Crippen MR) is 58.2 cm³/mol. The first-order valence-electron chi connectivity index (χ1n) is 4.58. The molecule has 0 aliphatic rings. The quantitative estimate of drug-likeness (QED) is 0.560. The van der Waals surface area contributed by atoms with Gasteiger partial charge in [-0.3, -0.25) is 14.9 Å². The molecule has 0 aromatic carbocycles. The molecule has 0 saturated carbocycles. The van der Waals surface area contributed by atoms with Crippen molar-refractivity contribution in [3.8, 4) is 6.07 Å². The number of amides is 1. The average Bonchev–Trinajstić information content (AvgIpc) is 2.35. The van der Waals surface area contributed by atoms with Crippen molar-refractivity contribution in [3.63, 3.8) is 0 Å². The monoisotopic (exact) mass is 235 g/mol. The maximum Gasteiger partial charge on any atom is 0.305 e. The fourth-order valence-electron chi connectivity index (χ4n) is 1.04. The zero-order valence-electron chi connectivity index (χ0n) is 8.93. The Hall–Kier alpha value is -2.69. The normalized spacial score (nSPS) is 9.18. The van der Waals surface area contributed by atoms with Crippen LogP contribution in [0.15, 0.2) is 12.1 Å². The van der Waals surface area contributed by atoms with Crippen LogP contribution in [-0.2, 0) is 4.79 Å². The Morgan fingerprint density at radius 1 is 1.65 bits per heavy atom. The van der Waals surface area contributed by atoms with E-state index < -0.39 is 4.92 Å². The Balaban J connectivity index is 2.87. The van der Waals surface area contributed by atoms with Crippen LogP contribution in [0.5, 0.6) is 0 Å². The Bertz CT molecular complexity index is 494. The number of nitrogens with zero attached hydrogens (tertiary/aromatic N) is 3. The van der Waals surface area contributed by atoms with Crippen molar-refractivity contribution >= 4 is 17.4 Å². The van der Waals surface area contributed by atoms with Crippen LogP contribution in [0, 0.1) is 21.4 Å². The molecular formula is C9H9N5O3. The first-order chi connectivity index (χ1) is 8.08. The zero-order valence-corrected chi connectivity index (χ0v) is 8.93. The molecule has 17 heavy (non-hydrogen) atoms. The van der Waals surface area contributed by atoms with Crippen LogP contribution in [0.4, 0.5) is 11.5 Å². The summed E-state index contributed by atoms with van der Waals surface area (Å²) >= 11 is 0. The maximum atomic E-state index is 10.9. The molecule has 1 heterocycles. The van der Waals surface area contributed by atoms with Gasteiger partial charge in [0.25, 0.3) is 0 Å². The number of likely N-dealkylation sites (N-methyl/N-ethyl adjacent to an activating group) is 1. The molecule has 0 saturated heterocycles. The summed E-state index contributed by atoms with van der Waals surface area (Å²) < 4.78 is 0. The first-order valence-corrected chi connectivity index (χ1v) is 4.58. The van der Waals surface area contributed by atoms with Crippen LogP contribution < -0.4 is 10.6 Å². The minimum atomic E-state index is -0.686. The van der Waals surface area contributed by atoms with E-state index in [0.29, 0.717) is 0 Å². The standard InChI is InChI=1S/C9H9N5O3/c1-11-9(15)5-12-8-3-2-7(14(16)17)6(4-10)13-8/h2-3H,5H2,1H3,(H,11,15)(H,12,13). The van der Waals surface area contributed by atoms with Crippen LogP contribution in [0.1, 0.15) is 5.69 Å². The van der Waals surface area contributed by atoms with Crippen molar-refractivity contribution in [2.75, 3.05) is 18.9 Å². The maximum absolute atomic E-state index is 10.9. The van der Waals surface area contributed by atoms with Gasteiger partial charge in [0, 0.05) is 13.1 Å². The van der Waals surface area contributed by atoms with Gasteiger partial charge in [-0.2, -0.15) is 5.26 Å². The van der Waals surface area contributed by atoms with Crippen LogP contribution in [-0.4, -0.2) is 29.4 Å². The van der Waals surface area contributed by atoms with Gasteiger partial charge in [-0.15, -0.1) is 0 Å². The summed E-state index contributed by atoms with van der Waals surface area (Å²) in [6.07, 6.45) is 0. The SMILES string of the molecule is CNC(=O)CNc1ccc([N+](=O)[O-])c(C#N)n1. The number of rotatable bonds is 4. The minimum Gasteiger partial charge on any atom is -0.361 e. The van der Waals surface area contributed by atoms with E-state index >= 15 is 0 Å². The average molecular weight is 235 g/mol. The van der Waals surface area contributed by atoms with E-state index in [-0.39, 0.29) is 29.7 Å². The second kappa shape index (κ2) is 5.41. The number of carbonyl (C=O) groups is 1. The first kappa shape index (κ1) is 12.4. The third kappa shape index (κ3) is 3.13. The molecule has 1 aromatic heterocycles. The van der Waals surface area contributed by atoms with Crippen LogP contribution >= 0.6 is 0 Å². The highest BCUT2D eigenvalue weighted by atomic mass is 16.6. The minimum absolute atomic E-state index is 0.0216. The number of anilines is 1. The summed E-state index contributed by atoms with van der Waals surface area (Å²) in [6.45, 7) is -0.0216. The van der Waals surface area contributed by atoms with Gasteiger partial charge in [-0.1, -0.05) is 0 Å². The second-order valence-corrected chi connectivity index (χ2v) is 2.96. The number of nitriles is 1. The summed E-state index contributed by atoms with van der Waals surface area (Å²) in [6, 6.07) is 4.13. The van der Waals surface area contributed by atoms with E-state index in [1.54, 1.807) is 6.07 Å². The molecule has 1 rings (SSSR count). The van der Waals surface area contributed by atoms with E-state index in [4.69, 9.17) is 5.26 Å². The fraction of sp³-hybridized carbons (Fsp3) is 0.222. The number of carbonyl (C=O) groups excluding carboxylic acids is 1. The Kier molecular flexibility index (Phi) is 3.94. The van der Waals surface area contributed by atoms with Gasteiger partial charge in [0.05, 0.1) is 11.5 Å². The molecule has 0 atom stereocenters. The van der Waals surface area contributed by atoms with Crippen molar-refractivity contribution in [2.24, 2.45) is 0 Å². The van der Waals surface area contributed by atoms with E-state index in [0.717, 1.165) is 6.07 Å². The molecule has 0 aliphatic heterocycles. The number of nitrogens with one attached hydrogen (secondary N) is 2. The molecule has 1 amide bonds. The highest BCUT2D eigenvalue weighted by Gasteiger charge is 2.15. The Morgan fingerprint density at radius 3 is 2.88 bits per heavy atom. The summed E-state index contributed by atoms with van der Waals surface area (Å²) in [5.41, 5.74) is -0.658. The molecule has 2 N–H and O–H groups in total. The lowest BCUT2D eigenvalue weighted by Gasteiger charge is -2.04. The Labute approximate surface area is 96.4 Å². The van der Waals surface area contributed by atoms with E-state index in [1.165, 1.54) is 13.1 Å². The van der Waals surface area contributed by atoms with Crippen molar-refractivity contribution in [3.05, 3.63) is 27.9 Å². The topological polar surface area (TPSA) is 121 Å². The fourth-order valence-corrected chi connectivity index (χ4v) is 1.04. The van der Waals surface area contributed by atoms with Gasteiger partial charge in [0.15, 0.2) is 0 Å². The number of hydrogen-bond donors (Lipinski definition) is 2. The third-order valence-electron chi connectivity index (χ3n) is 1.89. The van der Waals surface area contributed by atoms with Crippen LogP contribution in [0.25, 0.3) is 0 Å². The summed E-state index contributed by atoms with van der Waals surface area (Å²) in [5, 5.41) is 24.3. The van der Waals surface area contributed by atoms with E-state index in [1.807, 2.05) is 0 Å². The molecule has 0 radical (unpaired) electrons. The molecule has 0 spiro atoms. The second-order valence-electron chi connectivity index (χ2n) is 2.96. The van der Waals surface area contributed by atoms with E-state index in [9.17, 15) is 14.9 Å². The van der Waals surface area contributed by atoms with Crippen molar-refractivity contribution in [1.29, 1.82) is 5.26 Å². The van der Waals surface area contributed by atoms with Crippen molar-refractivity contribution < 1.29 is 9.72 Å². The number of nitro groups is 1. The largest absolute Gasteiger partial charge is 0.361 e. The van der Waals surface area contributed by atoms with E-state index in [2.05, 4.69) is 15.6 Å². The molecule has 8 heteroatoms. The molecule has 0 fully saturated rings. The lowest BCUT2D eigenvalue weighted by molar-refractivity contribution is -0.385. The number of hydrogen-bond acceptors (Lipinski definition) is 6. The highest BCUT2D eigenvalue weighted by molar-refractivity contribution is 5.80. The van der Waals surface area contributed by atoms with Crippen molar-refractivity contribution in [2.45, 2.75) is 0 Å². The summed E-state index contributed by atoms with van der Waals surface area (Å²) in [4.78, 5) is 24.5. The summed E-state index contributed by atoms with van der Waals surface area (Å²) in [5.74, 6) is -0.0283. The van der Waals surface area contributed by atoms with Gasteiger partial charge in [-0.05, 0) is 6.07 Å². The van der Waals surface area contributed by atoms with Gasteiger partial charge < -0.3 is 10.6 Å². The Morgan fingerprint density at radius 2 is 2.35 bits per heavy atom. The molecule has 8 nitrogen and oxygen atoms in total. The van der Waals surface area contributed by atoms with Crippen molar-refractivity contribution in [1.82, 2.24) is 10.3 Å². The molecule has 0 unspecified atom stereocenters. The third-order valence-corrected chi connectivity index (χ3v) is 1.89. The van der Waals surface area contributed by atoms with Gasteiger partial charge in [0.2, 0.25) is 11.6 Å². The molecule has 0 bridgehead atoms. The van der Waals surface area contributed by atoms with Gasteiger partial charge in [-0.25, -0.2) is 4.98 Å². The lowest BCUT2D eigenvalue weighted by atomic mass is 10.3. The van der Waals surface area contributed by atoms with Gasteiger partial charge in [0.1, 0.15) is 11.9 Å². The van der Waals surface area contributed by atoms with Gasteiger partial charge >= 0.3 is 5.69 Å². The van der Waals surface area contributed by atoms with Crippen LogP contribution in [0.2, 0.25) is 0 Å². The van der Waals surface area contributed by atoms with Crippen LogP contribution in [0.3, 0.4) is 0 Å². The molecule has 0 aliphatic carbocycles. The highest BCUT2D eigenvalue weighted by Crippen LogP contribution is 2.17. The lowest BCUT2D eigenvalue weighted by Crippen LogP contribution is -2.26.